The summed E-state index contributed by atoms with van der Waals surface area (Å²) in [7, 11) is 0. The van der Waals surface area contributed by atoms with Crippen molar-refractivity contribution >= 4 is 50.9 Å². The second-order valence-electron chi connectivity index (χ2n) is 7.43. The van der Waals surface area contributed by atoms with Crippen molar-refractivity contribution in [2.24, 2.45) is 0 Å². The Hall–Kier alpha value is -3.36. The van der Waals surface area contributed by atoms with Crippen LogP contribution in [0.2, 0.25) is 0 Å². The van der Waals surface area contributed by atoms with Crippen molar-refractivity contribution in [3.63, 3.8) is 0 Å². The first-order chi connectivity index (χ1) is 16.4. The lowest BCUT2D eigenvalue weighted by atomic mass is 10.1. The van der Waals surface area contributed by atoms with E-state index in [2.05, 4.69) is 15.9 Å². The van der Waals surface area contributed by atoms with Crippen LogP contribution in [0.5, 0.6) is 11.5 Å². The molecule has 0 aliphatic carbocycles. The Morgan fingerprint density at radius 3 is 2.50 bits per heavy atom. The van der Waals surface area contributed by atoms with E-state index in [4.69, 9.17) is 9.47 Å². The average Bonchev–Trinajstić information content (AvgIpc) is 3.10. The third kappa shape index (κ3) is 5.76. The number of halogens is 1. The van der Waals surface area contributed by atoms with E-state index < -0.39 is 11.9 Å². The van der Waals surface area contributed by atoms with E-state index in [-0.39, 0.29) is 29.0 Å². The molecule has 1 fully saturated rings. The number of carbonyl (C=O) groups excluding carboxylic acids is 3. The van der Waals surface area contributed by atoms with Gasteiger partial charge in [0.1, 0.15) is 18.1 Å². The number of rotatable bonds is 7. The molecule has 0 atom stereocenters. The predicted molar refractivity (Wildman–Crippen MR) is 135 cm³/mol. The van der Waals surface area contributed by atoms with E-state index in [9.17, 15) is 14.4 Å². The first-order valence-electron chi connectivity index (χ1n) is 10.4. The zero-order valence-electron chi connectivity index (χ0n) is 18.2. The summed E-state index contributed by atoms with van der Waals surface area (Å²) in [6.45, 7) is 2.30. The van der Waals surface area contributed by atoms with Gasteiger partial charge in [-0.15, -0.1) is 0 Å². The van der Waals surface area contributed by atoms with Crippen LogP contribution in [-0.2, 0) is 4.79 Å². The molecule has 172 valence electrons. The Morgan fingerprint density at radius 1 is 1.03 bits per heavy atom. The fourth-order valence-electron chi connectivity index (χ4n) is 3.18. The Labute approximate surface area is 209 Å². The van der Waals surface area contributed by atoms with Crippen LogP contribution in [0.15, 0.2) is 82.2 Å². The van der Waals surface area contributed by atoms with Crippen LogP contribution < -0.4 is 9.47 Å². The SMILES string of the molecule is Cc1ccc(OCCN2C(=O)S/C(=C\c3cc(Br)ccc3OC(=O)c3ccccc3)C2=O)cc1. The molecule has 0 spiro atoms. The first-order valence-corrected chi connectivity index (χ1v) is 12.0. The number of thioether (sulfide) groups is 1. The number of aryl methyl sites for hydroxylation is 1. The molecule has 34 heavy (non-hydrogen) atoms. The van der Waals surface area contributed by atoms with Crippen molar-refractivity contribution in [1.29, 1.82) is 0 Å². The summed E-state index contributed by atoms with van der Waals surface area (Å²) in [6, 6.07) is 21.3. The van der Waals surface area contributed by atoms with Crippen LogP contribution in [0.3, 0.4) is 0 Å². The highest BCUT2D eigenvalue weighted by Crippen LogP contribution is 2.35. The maximum atomic E-state index is 12.9. The lowest BCUT2D eigenvalue weighted by Crippen LogP contribution is -2.32. The molecular weight excluding hydrogens is 518 g/mol. The number of amides is 2. The van der Waals surface area contributed by atoms with E-state index >= 15 is 0 Å². The van der Waals surface area contributed by atoms with Crippen molar-refractivity contribution in [3.8, 4) is 11.5 Å². The molecular formula is C26H20BrNO5S. The molecule has 6 nitrogen and oxygen atoms in total. The quantitative estimate of drug-likeness (QED) is 0.206. The van der Waals surface area contributed by atoms with Crippen LogP contribution in [0, 0.1) is 6.92 Å². The van der Waals surface area contributed by atoms with E-state index in [1.165, 1.54) is 0 Å². The first kappa shape index (κ1) is 23.8. The molecule has 3 aromatic carbocycles. The Kier molecular flexibility index (Phi) is 7.49. The second-order valence-corrected chi connectivity index (χ2v) is 9.34. The zero-order chi connectivity index (χ0) is 24.1. The van der Waals surface area contributed by atoms with Gasteiger partial charge in [0.2, 0.25) is 0 Å². The topological polar surface area (TPSA) is 72.9 Å². The van der Waals surface area contributed by atoms with E-state index in [1.807, 2.05) is 37.3 Å². The molecule has 3 aromatic rings. The maximum Gasteiger partial charge on any atom is 0.343 e. The van der Waals surface area contributed by atoms with Gasteiger partial charge in [0.15, 0.2) is 0 Å². The summed E-state index contributed by atoms with van der Waals surface area (Å²) in [5.74, 6) is 0.0282. The minimum absolute atomic E-state index is 0.129. The fourth-order valence-corrected chi connectivity index (χ4v) is 4.42. The zero-order valence-corrected chi connectivity index (χ0v) is 20.6. The summed E-state index contributed by atoms with van der Waals surface area (Å²) in [4.78, 5) is 39.3. The lowest BCUT2D eigenvalue weighted by molar-refractivity contribution is -0.123. The Bertz CT molecular complexity index is 1260. The summed E-state index contributed by atoms with van der Waals surface area (Å²) >= 11 is 4.24. The fraction of sp³-hybridized carbons (Fsp3) is 0.115. The van der Waals surface area contributed by atoms with Crippen LogP contribution >= 0.6 is 27.7 Å². The van der Waals surface area contributed by atoms with Gasteiger partial charge in [0.05, 0.1) is 17.0 Å². The number of hydrogen-bond donors (Lipinski definition) is 0. The molecule has 8 heteroatoms. The molecule has 0 saturated carbocycles. The molecule has 0 radical (unpaired) electrons. The molecule has 0 N–H and O–H groups in total. The van der Waals surface area contributed by atoms with Crippen LogP contribution in [0.4, 0.5) is 4.79 Å². The van der Waals surface area contributed by atoms with Gasteiger partial charge in [-0.3, -0.25) is 14.5 Å². The van der Waals surface area contributed by atoms with Crippen molar-refractivity contribution < 1.29 is 23.9 Å². The van der Waals surface area contributed by atoms with Crippen molar-refractivity contribution in [1.82, 2.24) is 4.90 Å². The van der Waals surface area contributed by atoms with Gasteiger partial charge in [-0.25, -0.2) is 4.79 Å². The molecule has 1 aliphatic heterocycles. The average molecular weight is 538 g/mol. The molecule has 1 aliphatic rings. The largest absolute Gasteiger partial charge is 0.492 e. The van der Waals surface area contributed by atoms with E-state index in [0.717, 1.165) is 26.7 Å². The number of esters is 1. The van der Waals surface area contributed by atoms with Crippen molar-refractivity contribution in [2.75, 3.05) is 13.2 Å². The summed E-state index contributed by atoms with van der Waals surface area (Å²) in [6.07, 6.45) is 1.56. The van der Waals surface area contributed by atoms with Gasteiger partial charge in [-0.1, -0.05) is 51.8 Å². The highest BCUT2D eigenvalue weighted by Gasteiger charge is 2.35. The monoisotopic (exact) mass is 537 g/mol. The molecule has 2 amide bonds. The standard InChI is InChI=1S/C26H20BrNO5S/c1-17-7-10-21(11-8-17)32-14-13-28-24(29)23(34-26(28)31)16-19-15-20(27)9-12-22(19)33-25(30)18-5-3-2-4-6-18/h2-12,15-16H,13-14H2,1H3/b23-16-. The second kappa shape index (κ2) is 10.7. The molecule has 0 unspecified atom stereocenters. The molecule has 0 bridgehead atoms. The normalized spacial score (nSPS) is 14.5. The Morgan fingerprint density at radius 2 is 1.76 bits per heavy atom. The number of benzene rings is 3. The predicted octanol–water partition coefficient (Wildman–Crippen LogP) is 6.09. The third-order valence-corrected chi connectivity index (χ3v) is 6.35. The van der Waals surface area contributed by atoms with Gasteiger partial charge in [0.25, 0.3) is 11.1 Å². The number of hydrogen-bond acceptors (Lipinski definition) is 6. The van der Waals surface area contributed by atoms with E-state index in [0.29, 0.717) is 16.9 Å². The minimum Gasteiger partial charge on any atom is -0.492 e. The molecule has 1 saturated heterocycles. The lowest BCUT2D eigenvalue weighted by Gasteiger charge is -2.13. The number of carbonyl (C=O) groups is 3. The van der Waals surface area contributed by atoms with E-state index in [1.54, 1.807) is 48.5 Å². The smallest absolute Gasteiger partial charge is 0.343 e. The maximum absolute atomic E-state index is 12.9. The summed E-state index contributed by atoms with van der Waals surface area (Å²) in [5, 5.41) is -0.374. The van der Waals surface area contributed by atoms with Crippen LogP contribution in [0.25, 0.3) is 6.08 Å². The van der Waals surface area contributed by atoms with Gasteiger partial charge < -0.3 is 9.47 Å². The van der Waals surface area contributed by atoms with Gasteiger partial charge >= 0.3 is 5.97 Å². The van der Waals surface area contributed by atoms with Gasteiger partial charge in [0, 0.05) is 10.0 Å². The number of ether oxygens (including phenoxy) is 2. The molecule has 4 rings (SSSR count). The van der Waals surface area contributed by atoms with Crippen molar-refractivity contribution in [2.45, 2.75) is 6.92 Å². The number of nitrogens with zero attached hydrogens (tertiary/aromatic N) is 1. The van der Waals surface area contributed by atoms with Gasteiger partial charge in [-0.2, -0.15) is 0 Å². The summed E-state index contributed by atoms with van der Waals surface area (Å²) in [5.41, 5.74) is 2.02. The third-order valence-electron chi connectivity index (χ3n) is 4.95. The highest BCUT2D eigenvalue weighted by molar-refractivity contribution is 9.10. The number of imide groups is 1. The van der Waals surface area contributed by atoms with Crippen LogP contribution in [-0.4, -0.2) is 35.2 Å². The summed E-state index contributed by atoms with van der Waals surface area (Å²) < 4.78 is 12.0. The molecule has 1 heterocycles. The van der Waals surface area contributed by atoms with Crippen molar-refractivity contribution in [3.05, 3.63) is 98.9 Å². The van der Waals surface area contributed by atoms with Gasteiger partial charge in [-0.05, 0) is 67.2 Å². The minimum atomic E-state index is -0.515. The Balaban J connectivity index is 1.47. The highest BCUT2D eigenvalue weighted by atomic mass is 79.9. The molecule has 0 aromatic heterocycles. The van der Waals surface area contributed by atoms with Crippen LogP contribution in [0.1, 0.15) is 21.5 Å².